The summed E-state index contributed by atoms with van der Waals surface area (Å²) in [5.74, 6) is 2.00. The number of rotatable bonds is 3. The molecule has 0 aromatic carbocycles. The number of hydrogen-bond acceptors (Lipinski definition) is 5. The number of piperidine rings is 1. The molecule has 0 spiro atoms. The van der Waals surface area contributed by atoms with E-state index in [1.54, 1.807) is 6.07 Å². The summed E-state index contributed by atoms with van der Waals surface area (Å²) in [6.07, 6.45) is 2.18. The third kappa shape index (κ3) is 2.79. The molecule has 2 aromatic heterocycles. The molecular weight excluding hydrogens is 317 g/mol. The van der Waals surface area contributed by atoms with Gasteiger partial charge in [0.25, 0.3) is 0 Å². The molecule has 1 aliphatic rings. The number of anilines is 1. The first-order chi connectivity index (χ1) is 9.67. The van der Waals surface area contributed by atoms with Gasteiger partial charge >= 0.3 is 0 Å². The van der Waals surface area contributed by atoms with Crippen molar-refractivity contribution in [2.45, 2.75) is 12.8 Å². The Labute approximate surface area is 131 Å². The molecule has 0 radical (unpaired) electrons. The van der Waals surface area contributed by atoms with Crippen LogP contribution in [-0.4, -0.2) is 34.8 Å². The summed E-state index contributed by atoms with van der Waals surface area (Å²) in [6.45, 7) is 2.64. The molecule has 3 N–H and O–H groups in total. The number of nitrogens with one attached hydrogen (secondary N) is 1. The molecular formula is C12H15Cl2N5S. The molecule has 1 aliphatic heterocycles. The molecule has 1 fully saturated rings. The van der Waals surface area contributed by atoms with Gasteiger partial charge in [-0.3, -0.25) is 5.10 Å². The number of hydrogen-bond donors (Lipinski definition) is 2. The summed E-state index contributed by atoms with van der Waals surface area (Å²) in [7, 11) is 0. The molecule has 3 heterocycles. The summed E-state index contributed by atoms with van der Waals surface area (Å²) < 4.78 is 1.27. The quantitative estimate of drug-likeness (QED) is 0.906. The van der Waals surface area contributed by atoms with Crippen molar-refractivity contribution < 1.29 is 0 Å². The van der Waals surface area contributed by atoms with E-state index in [9.17, 15) is 0 Å². The molecule has 0 unspecified atom stereocenters. The molecule has 0 aliphatic carbocycles. The Balaban J connectivity index is 1.76. The van der Waals surface area contributed by atoms with Gasteiger partial charge in [-0.15, -0.1) is 16.4 Å². The van der Waals surface area contributed by atoms with Crippen LogP contribution in [-0.2, 0) is 0 Å². The maximum atomic E-state index is 6.13. The molecule has 0 atom stereocenters. The van der Waals surface area contributed by atoms with Crippen molar-refractivity contribution in [2.75, 3.05) is 24.5 Å². The van der Waals surface area contributed by atoms with Gasteiger partial charge in [-0.2, -0.15) is 4.98 Å². The van der Waals surface area contributed by atoms with E-state index in [4.69, 9.17) is 28.9 Å². The summed E-state index contributed by atoms with van der Waals surface area (Å²) in [5, 5.41) is 7.21. The first-order valence-electron chi connectivity index (χ1n) is 6.50. The van der Waals surface area contributed by atoms with Crippen LogP contribution in [0.15, 0.2) is 6.07 Å². The molecule has 0 bridgehead atoms. The van der Waals surface area contributed by atoms with Gasteiger partial charge in [0.1, 0.15) is 4.34 Å². The van der Waals surface area contributed by atoms with Gasteiger partial charge in [-0.1, -0.05) is 23.2 Å². The lowest BCUT2D eigenvalue weighted by Gasteiger charge is -2.30. The lowest BCUT2D eigenvalue weighted by Crippen LogP contribution is -2.36. The maximum Gasteiger partial charge on any atom is 0.245 e. The van der Waals surface area contributed by atoms with Gasteiger partial charge in [0, 0.05) is 18.7 Å². The Kier molecular flexibility index (Phi) is 4.16. The summed E-state index contributed by atoms with van der Waals surface area (Å²) >= 11 is 13.4. The second kappa shape index (κ2) is 5.89. The van der Waals surface area contributed by atoms with Crippen molar-refractivity contribution in [1.29, 1.82) is 0 Å². The third-order valence-electron chi connectivity index (χ3n) is 3.62. The van der Waals surface area contributed by atoms with Gasteiger partial charge in [-0.25, -0.2) is 0 Å². The minimum absolute atomic E-state index is 0.620. The Morgan fingerprint density at radius 2 is 2.15 bits per heavy atom. The van der Waals surface area contributed by atoms with Gasteiger partial charge in [0.2, 0.25) is 5.95 Å². The summed E-state index contributed by atoms with van der Waals surface area (Å²) in [4.78, 5) is 6.70. The third-order valence-corrected chi connectivity index (χ3v) is 5.10. The number of nitrogens with two attached hydrogens (primary N) is 1. The van der Waals surface area contributed by atoms with E-state index in [1.165, 1.54) is 11.3 Å². The molecule has 2 aromatic rings. The van der Waals surface area contributed by atoms with Crippen LogP contribution in [0.25, 0.3) is 11.4 Å². The van der Waals surface area contributed by atoms with E-state index in [0.29, 0.717) is 26.4 Å². The molecule has 3 rings (SSSR count). The van der Waals surface area contributed by atoms with Gasteiger partial charge in [0.05, 0.1) is 4.34 Å². The zero-order chi connectivity index (χ0) is 14.1. The van der Waals surface area contributed by atoms with E-state index in [0.717, 1.165) is 38.0 Å². The molecule has 0 amide bonds. The highest BCUT2D eigenvalue weighted by Crippen LogP contribution is 2.37. The fraction of sp³-hybridized carbons (Fsp3) is 0.500. The van der Waals surface area contributed by atoms with Gasteiger partial charge in [0.15, 0.2) is 5.82 Å². The molecule has 5 nitrogen and oxygen atoms in total. The molecule has 0 saturated carbocycles. The fourth-order valence-corrected chi connectivity index (χ4v) is 3.85. The number of thiophene rings is 1. The maximum absolute atomic E-state index is 6.13. The lowest BCUT2D eigenvalue weighted by atomic mass is 9.97. The van der Waals surface area contributed by atoms with Crippen LogP contribution in [0.2, 0.25) is 8.67 Å². The Morgan fingerprint density at radius 1 is 1.40 bits per heavy atom. The van der Waals surface area contributed by atoms with Crippen molar-refractivity contribution >= 4 is 40.5 Å². The average Bonchev–Trinajstić information content (AvgIpc) is 3.05. The number of nitrogens with zero attached hydrogens (tertiary/aromatic N) is 3. The van der Waals surface area contributed by atoms with Crippen LogP contribution < -0.4 is 10.6 Å². The highest BCUT2D eigenvalue weighted by molar-refractivity contribution is 7.20. The number of aromatic nitrogens is 3. The van der Waals surface area contributed by atoms with E-state index < -0.39 is 0 Å². The summed E-state index contributed by atoms with van der Waals surface area (Å²) in [5.41, 5.74) is 6.51. The smallest absolute Gasteiger partial charge is 0.245 e. The minimum atomic E-state index is 0.620. The fourth-order valence-electron chi connectivity index (χ4n) is 2.39. The van der Waals surface area contributed by atoms with E-state index in [2.05, 4.69) is 20.1 Å². The highest BCUT2D eigenvalue weighted by atomic mass is 35.5. The van der Waals surface area contributed by atoms with Crippen LogP contribution in [0.3, 0.4) is 0 Å². The normalized spacial score (nSPS) is 16.9. The Bertz CT molecular complexity index is 588. The number of H-pyrrole nitrogens is 1. The standard InChI is InChI=1S/C12H15Cl2N5S/c13-9-5-8(10(14)20-9)11-16-12(18-17-11)19-3-1-7(6-15)2-4-19/h5,7H,1-4,6,15H2,(H,16,17,18). The highest BCUT2D eigenvalue weighted by Gasteiger charge is 2.22. The number of aromatic amines is 1. The van der Waals surface area contributed by atoms with Crippen molar-refractivity contribution in [1.82, 2.24) is 15.2 Å². The van der Waals surface area contributed by atoms with Gasteiger partial charge in [-0.05, 0) is 31.4 Å². The van der Waals surface area contributed by atoms with Crippen molar-refractivity contribution in [3.8, 4) is 11.4 Å². The second-order valence-electron chi connectivity index (χ2n) is 4.89. The van der Waals surface area contributed by atoms with Crippen LogP contribution in [0.5, 0.6) is 0 Å². The Hall–Kier alpha value is -0.820. The van der Waals surface area contributed by atoms with Crippen LogP contribution in [0.1, 0.15) is 12.8 Å². The molecule has 20 heavy (non-hydrogen) atoms. The predicted octanol–water partition coefficient (Wildman–Crippen LogP) is 3.02. The average molecular weight is 332 g/mol. The molecule has 108 valence electrons. The molecule has 1 saturated heterocycles. The minimum Gasteiger partial charge on any atom is -0.340 e. The lowest BCUT2D eigenvalue weighted by molar-refractivity contribution is 0.411. The zero-order valence-corrected chi connectivity index (χ0v) is 13.1. The molecule has 8 heteroatoms. The van der Waals surface area contributed by atoms with Crippen LogP contribution >= 0.6 is 34.5 Å². The van der Waals surface area contributed by atoms with E-state index in [-0.39, 0.29) is 0 Å². The van der Waals surface area contributed by atoms with Crippen molar-refractivity contribution in [3.63, 3.8) is 0 Å². The van der Waals surface area contributed by atoms with Gasteiger partial charge < -0.3 is 10.6 Å². The largest absolute Gasteiger partial charge is 0.340 e. The second-order valence-corrected chi connectivity index (χ2v) is 7.17. The van der Waals surface area contributed by atoms with E-state index >= 15 is 0 Å². The first kappa shape index (κ1) is 14.1. The van der Waals surface area contributed by atoms with Crippen molar-refractivity contribution in [2.24, 2.45) is 11.7 Å². The monoisotopic (exact) mass is 331 g/mol. The topological polar surface area (TPSA) is 70.8 Å². The van der Waals surface area contributed by atoms with Crippen LogP contribution in [0, 0.1) is 5.92 Å². The summed E-state index contributed by atoms with van der Waals surface area (Å²) in [6, 6.07) is 1.81. The number of halogens is 2. The first-order valence-corrected chi connectivity index (χ1v) is 8.07. The van der Waals surface area contributed by atoms with Crippen LogP contribution in [0.4, 0.5) is 5.95 Å². The zero-order valence-electron chi connectivity index (χ0n) is 10.8. The predicted molar refractivity (Wildman–Crippen MR) is 83.7 cm³/mol. The Morgan fingerprint density at radius 3 is 2.75 bits per heavy atom. The van der Waals surface area contributed by atoms with Crippen molar-refractivity contribution in [3.05, 3.63) is 14.7 Å². The van der Waals surface area contributed by atoms with E-state index in [1.807, 2.05) is 0 Å². The SMILES string of the molecule is NCC1CCN(c2n[nH]c(-c3cc(Cl)sc3Cl)n2)CC1.